The first kappa shape index (κ1) is 38.9. The predicted molar refractivity (Wildman–Crippen MR) is 270 cm³/mol. The average Bonchev–Trinajstić information content (AvgIpc) is 3.33. The van der Waals surface area contributed by atoms with Crippen LogP contribution in [-0.2, 0) is 9.13 Å². The standard InChI is InChI=1S/C53H39IO3P3/c55-58(44-18-2-1-3-19-44,49-25-23-39-12-4-6-15-42(39)36-49)45-27-31-47(32-28-45)60(57,53-22-10-17-41-14-8-9-21-52(41)53)48-33-29-46(30-34-48)59(56,51-20-11-35-54-38-51)50-26-24-40-13-5-7-16-43(40)37-50/h1-38,56H/q+1. The van der Waals surface area contributed by atoms with Crippen LogP contribution in [0.15, 0.2) is 228 Å². The van der Waals surface area contributed by atoms with Crippen molar-refractivity contribution in [1.29, 1.82) is 0 Å². The molecule has 1 aliphatic rings. The summed E-state index contributed by atoms with van der Waals surface area (Å²) in [5, 5.41) is 13.1. The fourth-order valence-corrected chi connectivity index (χ4v) is 19.3. The minimum Gasteiger partial charge on any atom is -0.309 e. The van der Waals surface area contributed by atoms with Gasteiger partial charge in [-0.05, 0) is 84.9 Å². The van der Waals surface area contributed by atoms with Gasteiger partial charge in [-0.15, -0.1) is 0 Å². The van der Waals surface area contributed by atoms with E-state index in [0.717, 1.165) is 64.2 Å². The average molecular weight is 944 g/mol. The van der Waals surface area contributed by atoms with E-state index in [1.54, 1.807) is 0 Å². The van der Waals surface area contributed by atoms with Crippen molar-refractivity contribution >= 4 is 121 Å². The van der Waals surface area contributed by atoms with E-state index in [1.807, 2.05) is 152 Å². The number of rotatable bonds is 9. The highest BCUT2D eigenvalue weighted by Gasteiger charge is 2.46. The molecule has 3 atom stereocenters. The highest BCUT2D eigenvalue weighted by atomic mass is 127. The van der Waals surface area contributed by atoms with Crippen LogP contribution < -0.4 is 42.4 Å². The number of allylic oxidation sites excluding steroid dienone is 3. The van der Waals surface area contributed by atoms with E-state index in [-0.39, 0.29) is 20.7 Å². The van der Waals surface area contributed by atoms with Crippen molar-refractivity contribution < 1.29 is 14.0 Å². The van der Waals surface area contributed by atoms with Crippen LogP contribution in [0.5, 0.6) is 0 Å². The predicted octanol–water partition coefficient (Wildman–Crippen LogP) is 10.5. The van der Waals surface area contributed by atoms with Gasteiger partial charge in [-0.3, -0.25) is 0 Å². The van der Waals surface area contributed by atoms with Crippen molar-refractivity contribution in [3.63, 3.8) is 0 Å². The van der Waals surface area contributed by atoms with Crippen molar-refractivity contribution in [2.24, 2.45) is 0 Å². The monoisotopic (exact) mass is 943 g/mol. The quantitative estimate of drug-likeness (QED) is 0.116. The van der Waals surface area contributed by atoms with Gasteiger partial charge in [-0.2, -0.15) is 0 Å². The molecule has 1 heterocycles. The van der Waals surface area contributed by atoms with E-state index in [2.05, 4.69) is 74.8 Å². The first-order chi connectivity index (χ1) is 29.4. The molecular weight excluding hydrogens is 904 g/mol. The van der Waals surface area contributed by atoms with Gasteiger partial charge in [0.15, 0.2) is 14.3 Å². The second kappa shape index (κ2) is 15.9. The summed E-state index contributed by atoms with van der Waals surface area (Å²) in [6, 6.07) is 68.0. The van der Waals surface area contributed by atoms with Gasteiger partial charge in [0.05, 0.1) is 0 Å². The van der Waals surface area contributed by atoms with Crippen molar-refractivity contribution in [1.82, 2.24) is 0 Å². The van der Waals surface area contributed by atoms with Crippen LogP contribution in [0, 0.1) is 0 Å². The van der Waals surface area contributed by atoms with Gasteiger partial charge in [-0.1, -0.05) is 191 Å². The molecule has 3 unspecified atom stereocenters. The van der Waals surface area contributed by atoms with Gasteiger partial charge in [0.25, 0.3) is 0 Å². The Labute approximate surface area is 360 Å². The maximum absolute atomic E-state index is 16.4. The van der Waals surface area contributed by atoms with E-state index in [0.29, 0.717) is 15.9 Å². The molecule has 0 saturated carbocycles. The molecular formula is C53H39IO3P3+. The summed E-state index contributed by atoms with van der Waals surface area (Å²) in [4.78, 5) is 13.1. The molecule has 290 valence electrons. The summed E-state index contributed by atoms with van der Waals surface area (Å²) in [5.41, 5.74) is 0. The van der Waals surface area contributed by atoms with Crippen LogP contribution in [0.2, 0.25) is 0 Å². The molecule has 0 radical (unpaired) electrons. The second-order valence-corrected chi connectivity index (χ2v) is 25.3. The molecule has 0 spiro atoms. The molecule has 3 nitrogen and oxygen atoms in total. The smallest absolute Gasteiger partial charge is 0.239 e. The molecule has 60 heavy (non-hydrogen) atoms. The summed E-state index contributed by atoms with van der Waals surface area (Å²) in [7, 11) is -9.96. The van der Waals surface area contributed by atoms with Crippen molar-refractivity contribution in [3.8, 4) is 0 Å². The van der Waals surface area contributed by atoms with Crippen LogP contribution >= 0.6 is 42.5 Å². The maximum Gasteiger partial charge on any atom is 0.239 e. The van der Waals surface area contributed by atoms with E-state index in [1.165, 1.54) is 0 Å². The molecule has 0 bridgehead atoms. The Morgan fingerprint density at radius 1 is 0.417 bits per heavy atom. The topological polar surface area (TPSA) is 54.4 Å². The molecule has 9 aromatic carbocycles. The third-order valence-corrected chi connectivity index (χ3v) is 23.2. The zero-order valence-corrected chi connectivity index (χ0v) is 37.3. The lowest BCUT2D eigenvalue weighted by atomic mass is 10.1. The van der Waals surface area contributed by atoms with Gasteiger partial charge in [-0.25, -0.2) is 4.89 Å². The van der Waals surface area contributed by atoms with Gasteiger partial charge in [0.1, 0.15) is 15.9 Å². The number of hydrogen-bond acceptors (Lipinski definition) is 3. The summed E-state index contributed by atoms with van der Waals surface area (Å²) in [5.74, 6) is 0. The lowest BCUT2D eigenvalue weighted by Crippen LogP contribution is -2.30. The van der Waals surface area contributed by atoms with Crippen LogP contribution in [0.3, 0.4) is 0 Å². The SMILES string of the molecule is O=P(c1ccccc1)(c1ccc(P(=O)(c2ccc([P+](O)(C3=CC=CI=C3)c3ccc4ccccc4c3)cc2)c2cccc3ccccc23)cc1)c1ccc2ccccc2c1. The second-order valence-electron chi connectivity index (χ2n) is 14.9. The maximum atomic E-state index is 16.4. The third-order valence-electron chi connectivity index (χ3n) is 11.6. The van der Waals surface area contributed by atoms with E-state index in [4.69, 9.17) is 0 Å². The molecule has 0 aromatic heterocycles. The Morgan fingerprint density at radius 2 is 0.917 bits per heavy atom. The zero-order valence-electron chi connectivity index (χ0n) is 32.4. The molecule has 9 aromatic rings. The van der Waals surface area contributed by atoms with Crippen molar-refractivity contribution in [2.75, 3.05) is 0 Å². The minimum atomic E-state index is -3.57. The van der Waals surface area contributed by atoms with Gasteiger partial charge in [0.2, 0.25) is 7.49 Å². The number of fused-ring (bicyclic) bond motifs is 3. The molecule has 0 aliphatic carbocycles. The summed E-state index contributed by atoms with van der Waals surface area (Å²) in [6.45, 7) is 0. The minimum absolute atomic E-state index is 0.336. The zero-order chi connectivity index (χ0) is 40.7. The Kier molecular flexibility index (Phi) is 10.3. The van der Waals surface area contributed by atoms with Crippen LogP contribution in [0.1, 0.15) is 0 Å². The number of hydrogen-bond donors (Lipinski definition) is 1. The Balaban J connectivity index is 1.13. The molecule has 0 saturated heterocycles. The fourth-order valence-electron chi connectivity index (χ4n) is 8.44. The van der Waals surface area contributed by atoms with E-state index in [9.17, 15) is 4.89 Å². The Morgan fingerprint density at radius 3 is 1.58 bits per heavy atom. The molecule has 10 rings (SSSR count). The van der Waals surface area contributed by atoms with Crippen LogP contribution in [-0.4, -0.2) is 8.91 Å². The van der Waals surface area contributed by atoms with Crippen molar-refractivity contribution in [2.45, 2.75) is 0 Å². The molecule has 0 fully saturated rings. The lowest BCUT2D eigenvalue weighted by molar-refractivity contribution is 0.591. The molecule has 0 amide bonds. The first-order valence-electron chi connectivity index (χ1n) is 19.8. The van der Waals surface area contributed by atoms with Gasteiger partial charge in [0, 0.05) is 35.8 Å². The first-order valence-corrected chi connectivity index (χ1v) is 27.4. The lowest BCUT2D eigenvalue weighted by Gasteiger charge is -2.25. The fraction of sp³-hybridized carbons (Fsp3) is 0. The van der Waals surface area contributed by atoms with Gasteiger partial charge < -0.3 is 9.13 Å². The molecule has 1 aliphatic heterocycles. The summed E-state index contributed by atoms with van der Waals surface area (Å²) < 4.78 is 36.5. The highest BCUT2D eigenvalue weighted by Crippen LogP contribution is 2.60. The molecule has 1 N–H and O–H groups in total. The summed E-state index contributed by atoms with van der Waals surface area (Å²) in [6.07, 6.45) is 4.12. The van der Waals surface area contributed by atoms with Crippen LogP contribution in [0.25, 0.3) is 32.3 Å². The largest absolute Gasteiger partial charge is 0.309 e. The van der Waals surface area contributed by atoms with Gasteiger partial charge >= 0.3 is 0 Å². The van der Waals surface area contributed by atoms with E-state index >= 15 is 9.13 Å². The van der Waals surface area contributed by atoms with E-state index < -0.39 is 21.8 Å². The van der Waals surface area contributed by atoms with Crippen LogP contribution in [0.4, 0.5) is 0 Å². The van der Waals surface area contributed by atoms with Crippen molar-refractivity contribution in [3.05, 3.63) is 228 Å². The normalized spacial score (nSPS) is 15.7. The summed E-state index contributed by atoms with van der Waals surface area (Å²) >= 11 is -0.336. The third kappa shape index (κ3) is 6.63. The Hall–Kier alpha value is -5.31. The highest BCUT2D eigenvalue weighted by molar-refractivity contribution is 14.2. The number of benzene rings is 9. The number of halogens is 1. The molecule has 7 heteroatoms. The Bertz CT molecular complexity index is 3280.